The first-order valence-corrected chi connectivity index (χ1v) is 8.03. The molecule has 2 rings (SSSR count). The summed E-state index contributed by atoms with van der Waals surface area (Å²) < 4.78 is 0. The van der Waals surface area contributed by atoms with Gasteiger partial charge in [0.25, 0.3) is 0 Å². The van der Waals surface area contributed by atoms with Crippen LogP contribution in [0.5, 0.6) is 0 Å². The molecular formula is C15H24N2S. The van der Waals surface area contributed by atoms with E-state index in [0.29, 0.717) is 0 Å². The van der Waals surface area contributed by atoms with E-state index in [2.05, 4.69) is 41.8 Å². The molecule has 0 aliphatic carbocycles. The van der Waals surface area contributed by atoms with Crippen LogP contribution < -0.4 is 10.6 Å². The van der Waals surface area contributed by atoms with Crippen LogP contribution in [-0.2, 0) is 6.54 Å². The molecule has 1 aromatic rings. The van der Waals surface area contributed by atoms with Crippen LogP contribution >= 0.6 is 11.8 Å². The van der Waals surface area contributed by atoms with Gasteiger partial charge in [-0.1, -0.05) is 19.1 Å². The van der Waals surface area contributed by atoms with Crippen molar-refractivity contribution in [2.24, 2.45) is 0 Å². The molecule has 1 aromatic carbocycles. The second-order valence-corrected chi connectivity index (χ2v) is 6.17. The fourth-order valence-electron chi connectivity index (χ4n) is 2.38. The summed E-state index contributed by atoms with van der Waals surface area (Å²) in [4.78, 5) is 1.37. The van der Waals surface area contributed by atoms with E-state index in [9.17, 15) is 0 Å². The van der Waals surface area contributed by atoms with Crippen molar-refractivity contribution in [2.75, 3.05) is 18.8 Å². The standard InChI is InChI=1S/C15H24N2S/c1-2-18-15-7-5-13(6-8-15)12-16-11-9-14-4-3-10-17-14/h5-8,14,16-17H,2-4,9-12H2,1H3. The molecule has 0 amide bonds. The fraction of sp³-hybridized carbons (Fsp3) is 0.600. The first kappa shape index (κ1) is 13.9. The lowest BCUT2D eigenvalue weighted by Crippen LogP contribution is -2.26. The van der Waals surface area contributed by atoms with Crippen molar-refractivity contribution in [3.63, 3.8) is 0 Å². The summed E-state index contributed by atoms with van der Waals surface area (Å²) in [5, 5.41) is 7.07. The summed E-state index contributed by atoms with van der Waals surface area (Å²) in [6.07, 6.45) is 3.95. The van der Waals surface area contributed by atoms with Crippen LogP contribution in [0.1, 0.15) is 31.7 Å². The highest BCUT2D eigenvalue weighted by Crippen LogP contribution is 2.17. The van der Waals surface area contributed by atoms with Crippen molar-refractivity contribution in [2.45, 2.75) is 43.7 Å². The summed E-state index contributed by atoms with van der Waals surface area (Å²) in [5.41, 5.74) is 1.38. The van der Waals surface area contributed by atoms with E-state index in [0.717, 1.165) is 24.9 Å². The van der Waals surface area contributed by atoms with E-state index in [1.165, 1.54) is 36.3 Å². The third-order valence-corrected chi connectivity index (χ3v) is 4.29. The van der Waals surface area contributed by atoms with Gasteiger partial charge in [0.05, 0.1) is 0 Å². The van der Waals surface area contributed by atoms with E-state index in [-0.39, 0.29) is 0 Å². The van der Waals surface area contributed by atoms with Crippen LogP contribution in [-0.4, -0.2) is 24.9 Å². The van der Waals surface area contributed by atoms with Crippen LogP contribution in [0.2, 0.25) is 0 Å². The van der Waals surface area contributed by atoms with E-state index in [1.807, 2.05) is 11.8 Å². The molecule has 0 spiro atoms. The molecule has 0 bridgehead atoms. The molecule has 1 atom stereocenters. The molecule has 1 aliphatic rings. The van der Waals surface area contributed by atoms with Gasteiger partial charge in [0.15, 0.2) is 0 Å². The predicted molar refractivity (Wildman–Crippen MR) is 80.2 cm³/mol. The molecular weight excluding hydrogens is 240 g/mol. The van der Waals surface area contributed by atoms with Gasteiger partial charge in [0.1, 0.15) is 0 Å². The Bertz CT molecular complexity index is 331. The Morgan fingerprint density at radius 2 is 2.17 bits per heavy atom. The minimum absolute atomic E-state index is 0.751. The molecule has 0 aromatic heterocycles. The van der Waals surface area contributed by atoms with Crippen molar-refractivity contribution >= 4 is 11.8 Å². The highest BCUT2D eigenvalue weighted by atomic mass is 32.2. The zero-order chi connectivity index (χ0) is 12.6. The number of thioether (sulfide) groups is 1. The Morgan fingerprint density at radius 1 is 1.33 bits per heavy atom. The highest BCUT2D eigenvalue weighted by molar-refractivity contribution is 7.99. The first-order chi connectivity index (χ1) is 8.88. The second kappa shape index (κ2) is 7.82. The molecule has 0 saturated carbocycles. The number of rotatable bonds is 7. The van der Waals surface area contributed by atoms with Crippen LogP contribution in [0.4, 0.5) is 0 Å². The lowest BCUT2D eigenvalue weighted by Gasteiger charge is -2.10. The van der Waals surface area contributed by atoms with Crippen molar-refractivity contribution in [3.8, 4) is 0 Å². The Hall–Kier alpha value is -0.510. The van der Waals surface area contributed by atoms with Gasteiger partial charge in [0, 0.05) is 17.5 Å². The summed E-state index contributed by atoms with van der Waals surface area (Å²) >= 11 is 1.90. The van der Waals surface area contributed by atoms with E-state index in [4.69, 9.17) is 0 Å². The molecule has 1 unspecified atom stereocenters. The Morgan fingerprint density at radius 3 is 2.83 bits per heavy atom. The maximum atomic E-state index is 3.53. The van der Waals surface area contributed by atoms with Crippen LogP contribution in [0.25, 0.3) is 0 Å². The molecule has 100 valence electrons. The van der Waals surface area contributed by atoms with Crippen LogP contribution in [0.15, 0.2) is 29.2 Å². The second-order valence-electron chi connectivity index (χ2n) is 4.84. The minimum atomic E-state index is 0.751. The van der Waals surface area contributed by atoms with E-state index >= 15 is 0 Å². The SMILES string of the molecule is CCSc1ccc(CNCCC2CCCN2)cc1. The summed E-state index contributed by atoms with van der Waals surface area (Å²) in [5.74, 6) is 1.14. The first-order valence-electron chi connectivity index (χ1n) is 7.04. The predicted octanol–water partition coefficient (Wildman–Crippen LogP) is 3.03. The Labute approximate surface area is 115 Å². The summed E-state index contributed by atoms with van der Waals surface area (Å²) in [6, 6.07) is 9.67. The lowest BCUT2D eigenvalue weighted by molar-refractivity contribution is 0.523. The Balaban J connectivity index is 1.63. The Kier molecular flexibility index (Phi) is 6.05. The van der Waals surface area contributed by atoms with Crippen LogP contribution in [0, 0.1) is 0 Å². The zero-order valence-electron chi connectivity index (χ0n) is 11.2. The minimum Gasteiger partial charge on any atom is -0.314 e. The summed E-state index contributed by atoms with van der Waals surface area (Å²) in [7, 11) is 0. The lowest BCUT2D eigenvalue weighted by atomic mass is 10.1. The normalized spacial score (nSPS) is 19.3. The topological polar surface area (TPSA) is 24.1 Å². The number of benzene rings is 1. The average Bonchev–Trinajstić information content (AvgIpc) is 2.90. The zero-order valence-corrected chi connectivity index (χ0v) is 12.1. The van der Waals surface area contributed by atoms with Crippen molar-refractivity contribution in [1.82, 2.24) is 10.6 Å². The molecule has 2 N–H and O–H groups in total. The van der Waals surface area contributed by atoms with Gasteiger partial charge in [-0.2, -0.15) is 0 Å². The van der Waals surface area contributed by atoms with Gasteiger partial charge in [0.2, 0.25) is 0 Å². The van der Waals surface area contributed by atoms with Gasteiger partial charge in [-0.05, 0) is 55.8 Å². The smallest absolute Gasteiger partial charge is 0.0205 e. The number of hydrogen-bond acceptors (Lipinski definition) is 3. The van der Waals surface area contributed by atoms with Crippen LogP contribution in [0.3, 0.4) is 0 Å². The molecule has 1 heterocycles. The third kappa shape index (κ3) is 4.63. The van der Waals surface area contributed by atoms with E-state index < -0.39 is 0 Å². The monoisotopic (exact) mass is 264 g/mol. The van der Waals surface area contributed by atoms with Crippen molar-refractivity contribution in [1.29, 1.82) is 0 Å². The molecule has 0 radical (unpaired) electrons. The quantitative estimate of drug-likeness (QED) is 0.585. The number of hydrogen-bond donors (Lipinski definition) is 2. The highest BCUT2D eigenvalue weighted by Gasteiger charge is 2.12. The third-order valence-electron chi connectivity index (χ3n) is 3.40. The molecule has 1 saturated heterocycles. The maximum absolute atomic E-state index is 3.53. The number of nitrogens with one attached hydrogen (secondary N) is 2. The molecule has 18 heavy (non-hydrogen) atoms. The van der Waals surface area contributed by atoms with Gasteiger partial charge in [-0.3, -0.25) is 0 Å². The van der Waals surface area contributed by atoms with Gasteiger partial charge in [-0.15, -0.1) is 11.8 Å². The average molecular weight is 264 g/mol. The fourth-order valence-corrected chi connectivity index (χ4v) is 3.04. The molecule has 3 heteroatoms. The van der Waals surface area contributed by atoms with Crippen molar-refractivity contribution < 1.29 is 0 Å². The van der Waals surface area contributed by atoms with Gasteiger partial charge in [-0.25, -0.2) is 0 Å². The van der Waals surface area contributed by atoms with Gasteiger partial charge < -0.3 is 10.6 Å². The molecule has 2 nitrogen and oxygen atoms in total. The maximum Gasteiger partial charge on any atom is 0.0205 e. The molecule has 1 fully saturated rings. The summed E-state index contributed by atoms with van der Waals surface area (Å²) in [6.45, 7) is 5.51. The van der Waals surface area contributed by atoms with Crippen molar-refractivity contribution in [3.05, 3.63) is 29.8 Å². The largest absolute Gasteiger partial charge is 0.314 e. The van der Waals surface area contributed by atoms with Gasteiger partial charge >= 0.3 is 0 Å². The molecule has 1 aliphatic heterocycles. The van der Waals surface area contributed by atoms with E-state index in [1.54, 1.807) is 0 Å².